The van der Waals surface area contributed by atoms with Gasteiger partial charge >= 0.3 is 0 Å². The molecule has 32 heavy (non-hydrogen) atoms. The topological polar surface area (TPSA) is 89.8 Å². The Bertz CT molecular complexity index is 815. The van der Waals surface area contributed by atoms with Crippen molar-refractivity contribution in [3.8, 4) is 0 Å². The molecular weight excluding hydrogens is 428 g/mol. The Labute approximate surface area is 196 Å². The third kappa shape index (κ3) is 9.59. The first-order valence-electron chi connectivity index (χ1n) is 11.6. The standard InChI is InChI=1S/C13H25N5S.C9H8F2.C2H6/c1-4-8-19-13-17-11(15)10(14)12(18-13)16-7-6-9(3)5-2;10-8-4-3-7(5-9(8)11)6-1-2-6;1-2/h9H,4-8,14H2,1-3H3,(H3,15,16,17,18);3-6H,1-2H2;1-2H3. The molecule has 180 valence electrons. The van der Waals surface area contributed by atoms with Crippen LogP contribution in [-0.2, 0) is 0 Å². The van der Waals surface area contributed by atoms with E-state index in [1.807, 2.05) is 13.8 Å². The van der Waals surface area contributed by atoms with E-state index in [0.717, 1.165) is 43.5 Å². The van der Waals surface area contributed by atoms with Gasteiger partial charge in [0.1, 0.15) is 5.69 Å². The second-order valence-electron chi connectivity index (χ2n) is 7.68. The van der Waals surface area contributed by atoms with Crippen LogP contribution in [0.15, 0.2) is 23.4 Å². The van der Waals surface area contributed by atoms with Gasteiger partial charge in [0.15, 0.2) is 28.4 Å². The maximum atomic E-state index is 12.6. The van der Waals surface area contributed by atoms with Crippen LogP contribution in [0.5, 0.6) is 0 Å². The van der Waals surface area contributed by atoms with Crippen LogP contribution in [0.1, 0.15) is 78.2 Å². The third-order valence-corrected chi connectivity index (χ3v) is 6.06. The first kappa shape index (κ1) is 27.9. The minimum atomic E-state index is -0.755. The Morgan fingerprint density at radius 1 is 1.12 bits per heavy atom. The Morgan fingerprint density at radius 2 is 1.81 bits per heavy atom. The summed E-state index contributed by atoms with van der Waals surface area (Å²) in [6.45, 7) is 11.4. The van der Waals surface area contributed by atoms with Crippen LogP contribution in [0.25, 0.3) is 0 Å². The lowest BCUT2D eigenvalue weighted by molar-refractivity contribution is 0.507. The van der Waals surface area contributed by atoms with Crippen LogP contribution in [-0.4, -0.2) is 22.3 Å². The molecule has 8 heteroatoms. The molecule has 1 aromatic heterocycles. The molecule has 5 nitrogen and oxygen atoms in total. The minimum absolute atomic E-state index is 0.361. The number of rotatable bonds is 9. The number of nitrogens with one attached hydrogen (secondary N) is 1. The fraction of sp³-hybridized carbons (Fsp3) is 0.583. The summed E-state index contributed by atoms with van der Waals surface area (Å²) in [5, 5.41) is 3.96. The Kier molecular flexibility index (Phi) is 13.0. The number of halogens is 2. The Hall–Kier alpha value is -2.09. The lowest BCUT2D eigenvalue weighted by atomic mass is 10.1. The summed E-state index contributed by atoms with van der Waals surface area (Å²) in [6, 6.07) is 4.16. The maximum absolute atomic E-state index is 12.6. The monoisotopic (exact) mass is 467 g/mol. The Balaban J connectivity index is 0.000000331. The first-order valence-corrected chi connectivity index (χ1v) is 12.6. The molecule has 1 saturated carbocycles. The van der Waals surface area contributed by atoms with E-state index in [0.29, 0.717) is 34.3 Å². The summed E-state index contributed by atoms with van der Waals surface area (Å²) in [5.41, 5.74) is 13.1. The molecule has 1 fully saturated rings. The van der Waals surface area contributed by atoms with Gasteiger partial charge in [-0.15, -0.1) is 0 Å². The zero-order valence-electron chi connectivity index (χ0n) is 20.0. The molecule has 1 aliphatic carbocycles. The highest BCUT2D eigenvalue weighted by Crippen LogP contribution is 2.40. The van der Waals surface area contributed by atoms with Crippen molar-refractivity contribution in [1.29, 1.82) is 0 Å². The molecule has 2 aromatic rings. The van der Waals surface area contributed by atoms with Crippen LogP contribution >= 0.6 is 11.8 Å². The highest BCUT2D eigenvalue weighted by atomic mass is 32.2. The van der Waals surface area contributed by atoms with E-state index in [-0.39, 0.29) is 0 Å². The second kappa shape index (κ2) is 14.9. The highest BCUT2D eigenvalue weighted by molar-refractivity contribution is 7.99. The van der Waals surface area contributed by atoms with Crippen molar-refractivity contribution in [3.63, 3.8) is 0 Å². The van der Waals surface area contributed by atoms with E-state index in [1.165, 1.54) is 18.6 Å². The average Bonchev–Trinajstić information content (AvgIpc) is 3.64. The van der Waals surface area contributed by atoms with Crippen molar-refractivity contribution in [2.24, 2.45) is 5.92 Å². The van der Waals surface area contributed by atoms with Crippen LogP contribution < -0.4 is 16.8 Å². The molecule has 0 saturated heterocycles. The SMILES string of the molecule is CC.CCCSc1nc(N)c(N)c(NCCC(C)CC)n1.Fc1ccc(C2CC2)cc1F. The summed E-state index contributed by atoms with van der Waals surface area (Å²) in [4.78, 5) is 8.62. The summed E-state index contributed by atoms with van der Waals surface area (Å²) >= 11 is 1.60. The van der Waals surface area contributed by atoms with E-state index in [2.05, 4.69) is 36.1 Å². The van der Waals surface area contributed by atoms with Crippen molar-refractivity contribution < 1.29 is 8.78 Å². The summed E-state index contributed by atoms with van der Waals surface area (Å²) < 4.78 is 25.0. The number of nitrogens with two attached hydrogens (primary N) is 2. The van der Waals surface area contributed by atoms with E-state index < -0.39 is 11.6 Å². The van der Waals surface area contributed by atoms with Gasteiger partial charge in [-0.25, -0.2) is 18.7 Å². The molecule has 1 aliphatic rings. The van der Waals surface area contributed by atoms with Crippen LogP contribution in [0.2, 0.25) is 0 Å². The molecule has 0 radical (unpaired) electrons. The van der Waals surface area contributed by atoms with Crippen molar-refractivity contribution >= 4 is 29.1 Å². The molecule has 0 amide bonds. The molecule has 0 bridgehead atoms. The molecule has 1 heterocycles. The number of hydrogen-bond acceptors (Lipinski definition) is 6. The van der Waals surface area contributed by atoms with E-state index in [1.54, 1.807) is 17.8 Å². The van der Waals surface area contributed by atoms with Gasteiger partial charge in [-0.2, -0.15) is 0 Å². The molecule has 1 atom stereocenters. The normalized spacial score (nSPS) is 13.3. The van der Waals surface area contributed by atoms with Crippen molar-refractivity contribution in [2.45, 2.75) is 77.8 Å². The van der Waals surface area contributed by atoms with E-state index in [9.17, 15) is 8.78 Å². The minimum Gasteiger partial charge on any atom is -0.393 e. The largest absolute Gasteiger partial charge is 0.393 e. The van der Waals surface area contributed by atoms with Crippen LogP contribution in [0.4, 0.5) is 26.1 Å². The number of nitrogens with zero attached hydrogens (tertiary/aromatic N) is 2. The van der Waals surface area contributed by atoms with Gasteiger partial charge in [0.25, 0.3) is 0 Å². The quantitative estimate of drug-likeness (QED) is 0.276. The van der Waals surface area contributed by atoms with Crippen LogP contribution in [0.3, 0.4) is 0 Å². The Morgan fingerprint density at radius 3 is 2.38 bits per heavy atom. The van der Waals surface area contributed by atoms with E-state index in [4.69, 9.17) is 11.5 Å². The van der Waals surface area contributed by atoms with Crippen molar-refractivity contribution in [3.05, 3.63) is 35.4 Å². The van der Waals surface area contributed by atoms with Gasteiger partial charge in [0.05, 0.1) is 0 Å². The lowest BCUT2D eigenvalue weighted by Crippen LogP contribution is -2.12. The average molecular weight is 468 g/mol. The van der Waals surface area contributed by atoms with Gasteiger partial charge in [0.2, 0.25) is 0 Å². The van der Waals surface area contributed by atoms with Gasteiger partial charge < -0.3 is 16.8 Å². The smallest absolute Gasteiger partial charge is 0.191 e. The highest BCUT2D eigenvalue weighted by Gasteiger charge is 2.24. The molecule has 0 aliphatic heterocycles. The fourth-order valence-corrected chi connectivity index (χ4v) is 3.39. The van der Waals surface area contributed by atoms with Gasteiger partial charge in [-0.1, -0.05) is 58.9 Å². The maximum Gasteiger partial charge on any atom is 0.191 e. The molecule has 0 spiro atoms. The van der Waals surface area contributed by atoms with Crippen LogP contribution in [0, 0.1) is 17.6 Å². The first-order chi connectivity index (χ1) is 15.3. The second-order valence-corrected chi connectivity index (χ2v) is 8.74. The number of thioether (sulfide) groups is 1. The molecule has 5 N–H and O–H groups in total. The van der Waals surface area contributed by atoms with Gasteiger partial charge in [-0.3, -0.25) is 0 Å². The molecular formula is C24H39F2N5S. The predicted octanol–water partition coefficient (Wildman–Crippen LogP) is 6.86. The van der Waals surface area contributed by atoms with Gasteiger partial charge in [-0.05, 0) is 55.2 Å². The number of nitrogen functional groups attached to an aromatic ring is 2. The number of hydrogen-bond donors (Lipinski definition) is 3. The predicted molar refractivity (Wildman–Crippen MR) is 134 cm³/mol. The van der Waals surface area contributed by atoms with Gasteiger partial charge in [0, 0.05) is 12.3 Å². The zero-order chi connectivity index (χ0) is 24.1. The number of anilines is 3. The lowest BCUT2D eigenvalue weighted by Gasteiger charge is -2.13. The zero-order valence-corrected chi connectivity index (χ0v) is 20.9. The summed E-state index contributed by atoms with van der Waals surface area (Å²) in [7, 11) is 0. The third-order valence-electron chi connectivity index (χ3n) is 5.01. The molecule has 1 unspecified atom stereocenters. The number of benzene rings is 1. The van der Waals surface area contributed by atoms with Crippen molar-refractivity contribution in [1.82, 2.24) is 9.97 Å². The fourth-order valence-electron chi connectivity index (χ4n) is 2.68. The van der Waals surface area contributed by atoms with Crippen molar-refractivity contribution in [2.75, 3.05) is 29.1 Å². The molecule has 3 rings (SSSR count). The van der Waals surface area contributed by atoms with E-state index >= 15 is 0 Å². The number of aromatic nitrogens is 2. The summed E-state index contributed by atoms with van der Waals surface area (Å²) in [5.74, 6) is 1.71. The summed E-state index contributed by atoms with van der Waals surface area (Å²) in [6.07, 6.45) is 5.59. The molecule has 1 aromatic carbocycles.